The van der Waals surface area contributed by atoms with E-state index in [2.05, 4.69) is 4.99 Å². The van der Waals surface area contributed by atoms with Crippen molar-refractivity contribution >= 4 is 46.2 Å². The fourth-order valence-corrected chi connectivity index (χ4v) is 4.15. The van der Waals surface area contributed by atoms with Crippen LogP contribution in [0.2, 0.25) is 0 Å². The van der Waals surface area contributed by atoms with E-state index in [9.17, 15) is 31.5 Å². The molecule has 14 heteroatoms. The zero-order valence-corrected chi connectivity index (χ0v) is 20.8. The van der Waals surface area contributed by atoms with Crippen molar-refractivity contribution in [3.63, 3.8) is 0 Å². The quantitative estimate of drug-likeness (QED) is 0.0921. The van der Waals surface area contributed by atoms with Gasteiger partial charge in [-0.2, -0.15) is 29.5 Å². The van der Waals surface area contributed by atoms with Crippen molar-refractivity contribution in [1.82, 2.24) is 0 Å². The Balaban J connectivity index is 1.52. The van der Waals surface area contributed by atoms with Gasteiger partial charge in [0.05, 0.1) is 28.2 Å². The van der Waals surface area contributed by atoms with Crippen molar-refractivity contribution in [2.45, 2.75) is 6.18 Å². The highest BCUT2D eigenvalue weighted by molar-refractivity contribution is 7.08. The minimum absolute atomic E-state index is 0.00740. The summed E-state index contributed by atoms with van der Waals surface area (Å²) in [6.07, 6.45) is -4.78. The third-order valence-corrected chi connectivity index (χ3v) is 6.20. The van der Waals surface area contributed by atoms with Crippen LogP contribution in [0.1, 0.15) is 21.5 Å². The van der Waals surface area contributed by atoms with Gasteiger partial charge in [0, 0.05) is 16.5 Å². The molecule has 0 unspecified atom stereocenters. The lowest BCUT2D eigenvalue weighted by Gasteiger charge is -2.13. The van der Waals surface area contributed by atoms with Crippen LogP contribution in [0.3, 0.4) is 0 Å². The Morgan fingerprint density at radius 1 is 0.875 bits per heavy atom. The zero-order chi connectivity index (χ0) is 29.2. The maximum absolute atomic E-state index is 15.1. The molecule has 0 spiro atoms. The number of nitrogens with one attached hydrogen (secondary N) is 2. The predicted molar refractivity (Wildman–Crippen MR) is 140 cm³/mol. The number of nitrogen functional groups attached to an aromatic ring is 1. The first-order valence-electron chi connectivity index (χ1n) is 11.1. The summed E-state index contributed by atoms with van der Waals surface area (Å²) in [5.74, 6) is -4.13. The summed E-state index contributed by atoms with van der Waals surface area (Å²) in [6, 6.07) is 7.44. The maximum Gasteiger partial charge on any atom is 0.416 e. The number of nitrogens with zero attached hydrogens (tertiary/aromatic N) is 1. The largest absolute Gasteiger partial charge is 0.416 e. The Labute approximate surface area is 226 Å². The molecule has 40 heavy (non-hydrogen) atoms. The second-order valence-corrected chi connectivity index (χ2v) is 8.95. The molecule has 3 amide bonds. The number of amides is 3. The number of rotatable bonds is 5. The van der Waals surface area contributed by atoms with Crippen LogP contribution in [0.25, 0.3) is 11.1 Å². The van der Waals surface area contributed by atoms with Crippen LogP contribution in [0.15, 0.2) is 70.3 Å². The van der Waals surface area contributed by atoms with Crippen LogP contribution in [-0.4, -0.2) is 17.8 Å². The molecule has 7 nitrogen and oxygen atoms in total. The third-order valence-electron chi connectivity index (χ3n) is 5.52. The minimum Gasteiger partial charge on any atom is -0.396 e. The normalized spacial score (nSPS) is 11.8. The number of nitrogens with two attached hydrogens (primary N) is 2. The van der Waals surface area contributed by atoms with Gasteiger partial charge in [-0.05, 0) is 53.4 Å². The van der Waals surface area contributed by atoms with E-state index in [1.54, 1.807) is 10.8 Å². The summed E-state index contributed by atoms with van der Waals surface area (Å²) in [4.78, 5) is 28.1. The summed E-state index contributed by atoms with van der Waals surface area (Å²) in [6.45, 7) is 0. The van der Waals surface area contributed by atoms with E-state index in [0.29, 0.717) is 23.8 Å². The number of thiophene rings is 1. The number of hydrogen-bond acceptors (Lipinski definition) is 4. The smallest absolute Gasteiger partial charge is 0.396 e. The van der Waals surface area contributed by atoms with E-state index in [1.165, 1.54) is 35.6 Å². The van der Waals surface area contributed by atoms with Crippen LogP contribution >= 0.6 is 11.3 Å². The van der Waals surface area contributed by atoms with Gasteiger partial charge in [0.1, 0.15) is 17.5 Å². The molecule has 0 aliphatic heterocycles. The number of carbonyl (C=O) groups is 2. The van der Waals surface area contributed by atoms with Crippen LogP contribution in [-0.2, 0) is 6.18 Å². The van der Waals surface area contributed by atoms with E-state index in [-0.39, 0.29) is 22.5 Å². The Hall–Kier alpha value is -4.85. The van der Waals surface area contributed by atoms with Gasteiger partial charge in [-0.1, -0.05) is 12.1 Å². The number of carbonyl (C=O) groups excluding carboxylic acids is 2. The molecule has 0 atom stereocenters. The fourth-order valence-electron chi connectivity index (χ4n) is 3.52. The second kappa shape index (κ2) is 11.1. The van der Waals surface area contributed by atoms with E-state index in [4.69, 9.17) is 11.5 Å². The molecule has 1 aromatic heterocycles. The molecular formula is C26H17F6N5O2S. The molecule has 0 saturated carbocycles. The number of benzene rings is 3. The van der Waals surface area contributed by atoms with Crippen molar-refractivity contribution in [2.24, 2.45) is 10.7 Å². The zero-order valence-electron chi connectivity index (χ0n) is 19.9. The number of urea groups is 1. The van der Waals surface area contributed by atoms with Crippen LogP contribution in [0.4, 0.5) is 48.2 Å². The second-order valence-electron chi connectivity index (χ2n) is 8.17. The molecule has 0 radical (unpaired) electrons. The van der Waals surface area contributed by atoms with Crippen molar-refractivity contribution < 1.29 is 35.9 Å². The highest BCUT2D eigenvalue weighted by Crippen LogP contribution is 2.33. The van der Waals surface area contributed by atoms with Crippen molar-refractivity contribution in [1.29, 1.82) is 0 Å². The molecule has 1 heterocycles. The molecule has 0 saturated heterocycles. The van der Waals surface area contributed by atoms with Crippen LogP contribution < -0.4 is 22.1 Å². The van der Waals surface area contributed by atoms with E-state index in [0.717, 1.165) is 12.1 Å². The van der Waals surface area contributed by atoms with Gasteiger partial charge >= 0.3 is 12.2 Å². The average molecular weight is 578 g/mol. The first kappa shape index (κ1) is 28.2. The molecule has 0 bridgehead atoms. The standard InChI is InChI=1S/C26H17F6N5O2S/c27-17-5-2-14(26(30,31)32)10-20(17)36-25(39)35-19-6-1-12(9-18(19)28)15-3-4-16(22(33)21(15)29)23(34)37-24(38)13-7-8-40-11-13/h1-11H,33H2,(H2,34,37,38)(H2,35,36,39). The van der Waals surface area contributed by atoms with Gasteiger partial charge in [-0.25, -0.2) is 18.0 Å². The van der Waals surface area contributed by atoms with E-state index >= 15 is 4.39 Å². The van der Waals surface area contributed by atoms with Gasteiger partial charge in [-0.3, -0.25) is 4.79 Å². The number of halogens is 6. The Kier molecular flexibility index (Phi) is 7.81. The average Bonchev–Trinajstić information content (AvgIpc) is 3.43. The highest BCUT2D eigenvalue weighted by Gasteiger charge is 2.31. The molecule has 4 rings (SSSR count). The Morgan fingerprint density at radius 2 is 1.60 bits per heavy atom. The molecule has 0 fully saturated rings. The first-order chi connectivity index (χ1) is 18.8. The predicted octanol–water partition coefficient (Wildman–Crippen LogP) is 6.62. The molecule has 0 aliphatic rings. The molecule has 3 aromatic carbocycles. The number of hydrogen-bond donors (Lipinski definition) is 4. The van der Waals surface area contributed by atoms with Gasteiger partial charge in [0.15, 0.2) is 5.82 Å². The third kappa shape index (κ3) is 6.07. The SMILES string of the molecule is NC(=NC(=O)c1ccsc1)c1ccc(-c2ccc(NC(=O)Nc3cc(C(F)(F)F)ccc3F)c(F)c2)c(F)c1N. The molecular weight excluding hydrogens is 560 g/mol. The highest BCUT2D eigenvalue weighted by atomic mass is 32.1. The minimum atomic E-state index is -4.78. The molecule has 4 aromatic rings. The summed E-state index contributed by atoms with van der Waals surface area (Å²) in [5.41, 5.74) is 8.97. The lowest BCUT2D eigenvalue weighted by molar-refractivity contribution is -0.137. The number of aliphatic imine (C=N–C) groups is 1. The van der Waals surface area contributed by atoms with Crippen molar-refractivity contribution in [3.05, 3.63) is 99.5 Å². The van der Waals surface area contributed by atoms with Crippen LogP contribution in [0.5, 0.6) is 0 Å². The summed E-state index contributed by atoms with van der Waals surface area (Å²) in [7, 11) is 0. The van der Waals surface area contributed by atoms with E-state index in [1.807, 2.05) is 10.6 Å². The molecule has 6 N–H and O–H groups in total. The topological polar surface area (TPSA) is 123 Å². The lowest BCUT2D eigenvalue weighted by atomic mass is 10.0. The number of amidine groups is 1. The fraction of sp³-hybridized carbons (Fsp3) is 0.0385. The van der Waals surface area contributed by atoms with Crippen molar-refractivity contribution in [2.75, 3.05) is 16.4 Å². The lowest BCUT2D eigenvalue weighted by Crippen LogP contribution is -2.21. The van der Waals surface area contributed by atoms with Crippen LogP contribution in [0, 0.1) is 17.5 Å². The number of anilines is 3. The summed E-state index contributed by atoms with van der Waals surface area (Å²) in [5, 5.41) is 7.17. The summed E-state index contributed by atoms with van der Waals surface area (Å²) < 4.78 is 82.4. The van der Waals surface area contributed by atoms with Gasteiger partial charge < -0.3 is 22.1 Å². The summed E-state index contributed by atoms with van der Waals surface area (Å²) >= 11 is 1.28. The first-order valence-corrected chi connectivity index (χ1v) is 12.0. The Morgan fingerprint density at radius 3 is 2.25 bits per heavy atom. The Bertz CT molecular complexity index is 1640. The van der Waals surface area contributed by atoms with E-state index < -0.39 is 58.2 Å². The number of alkyl halides is 3. The molecule has 206 valence electrons. The maximum atomic E-state index is 15.1. The van der Waals surface area contributed by atoms with Crippen molar-refractivity contribution in [3.8, 4) is 11.1 Å². The van der Waals surface area contributed by atoms with Gasteiger partial charge in [-0.15, -0.1) is 0 Å². The molecule has 0 aliphatic carbocycles. The van der Waals surface area contributed by atoms with Gasteiger partial charge in [0.2, 0.25) is 0 Å². The van der Waals surface area contributed by atoms with Gasteiger partial charge in [0.25, 0.3) is 5.91 Å². The monoisotopic (exact) mass is 577 g/mol.